The highest BCUT2D eigenvalue weighted by Gasteiger charge is 2.25. The molecule has 0 spiro atoms. The van der Waals surface area contributed by atoms with Crippen LogP contribution in [0.2, 0.25) is 0 Å². The van der Waals surface area contributed by atoms with Crippen LogP contribution in [0.25, 0.3) is 0 Å². The van der Waals surface area contributed by atoms with E-state index in [9.17, 15) is 4.79 Å². The van der Waals surface area contributed by atoms with Crippen molar-refractivity contribution < 1.29 is 9.63 Å². The number of hydrogen-bond acceptors (Lipinski definition) is 3. The molecule has 0 aromatic heterocycles. The zero-order chi connectivity index (χ0) is 11.8. The summed E-state index contributed by atoms with van der Waals surface area (Å²) < 4.78 is 0. The average molecular weight is 228 g/mol. The van der Waals surface area contributed by atoms with E-state index in [-0.39, 0.29) is 0 Å². The normalized spacial score (nSPS) is 21.1. The van der Waals surface area contributed by atoms with Crippen LogP contribution in [0.1, 0.15) is 51.9 Å². The maximum absolute atomic E-state index is 12.0. The Kier molecular flexibility index (Phi) is 6.42. The predicted octanol–water partition coefficient (Wildman–Crippen LogP) is 1.84. The molecule has 1 unspecified atom stereocenters. The summed E-state index contributed by atoms with van der Waals surface area (Å²) in [5.41, 5.74) is 0. The smallest absolute Gasteiger partial charge is 0.222 e. The molecule has 1 fully saturated rings. The summed E-state index contributed by atoms with van der Waals surface area (Å²) in [6, 6.07) is 0.349. The first-order valence-electron chi connectivity index (χ1n) is 6.40. The fraction of sp³-hybridized carbons (Fsp3) is 0.917. The Morgan fingerprint density at radius 2 is 2.31 bits per heavy atom. The fourth-order valence-corrected chi connectivity index (χ4v) is 2.30. The van der Waals surface area contributed by atoms with Crippen LogP contribution in [0.5, 0.6) is 0 Å². The lowest BCUT2D eigenvalue weighted by molar-refractivity contribution is -0.135. The van der Waals surface area contributed by atoms with Crippen LogP contribution >= 0.6 is 0 Å². The molecule has 1 rings (SSSR count). The summed E-state index contributed by atoms with van der Waals surface area (Å²) in [4.78, 5) is 18.6. The first-order valence-corrected chi connectivity index (χ1v) is 6.40. The van der Waals surface area contributed by atoms with Gasteiger partial charge in [0.05, 0.1) is 6.61 Å². The summed E-state index contributed by atoms with van der Waals surface area (Å²) in [5, 5.41) is 0. The maximum atomic E-state index is 12.0. The van der Waals surface area contributed by atoms with E-state index in [1.807, 2.05) is 4.90 Å². The monoisotopic (exact) mass is 228 g/mol. The molecular formula is C12H24N2O2. The molecule has 4 heteroatoms. The molecule has 0 aliphatic carbocycles. The third-order valence-electron chi connectivity index (χ3n) is 3.26. The second-order valence-corrected chi connectivity index (χ2v) is 4.50. The minimum Gasteiger partial charge on any atom is -0.340 e. The first kappa shape index (κ1) is 13.5. The predicted molar refractivity (Wildman–Crippen MR) is 63.6 cm³/mol. The van der Waals surface area contributed by atoms with E-state index < -0.39 is 0 Å². The van der Waals surface area contributed by atoms with Gasteiger partial charge in [0, 0.05) is 19.0 Å². The van der Waals surface area contributed by atoms with Crippen molar-refractivity contribution in [2.24, 2.45) is 5.90 Å². The summed E-state index contributed by atoms with van der Waals surface area (Å²) >= 11 is 0. The molecule has 0 radical (unpaired) electrons. The summed E-state index contributed by atoms with van der Waals surface area (Å²) in [6.07, 6.45) is 7.09. The number of carbonyl (C=O) groups excluding carboxylic acids is 1. The van der Waals surface area contributed by atoms with Crippen LogP contribution in [0.3, 0.4) is 0 Å². The number of nitrogens with two attached hydrogens (primary N) is 1. The number of nitrogens with zero attached hydrogens (tertiary/aromatic N) is 1. The molecule has 0 aromatic carbocycles. The zero-order valence-corrected chi connectivity index (χ0v) is 10.3. The molecular weight excluding hydrogens is 204 g/mol. The van der Waals surface area contributed by atoms with Gasteiger partial charge in [0.2, 0.25) is 5.91 Å². The largest absolute Gasteiger partial charge is 0.340 e. The number of likely N-dealkylation sites (tertiary alicyclic amines) is 1. The number of hydrogen-bond donors (Lipinski definition) is 1. The molecule has 1 amide bonds. The van der Waals surface area contributed by atoms with Crippen molar-refractivity contribution in [3.8, 4) is 0 Å². The Bertz CT molecular complexity index is 209. The molecule has 1 saturated heterocycles. The molecule has 1 atom stereocenters. The molecule has 4 nitrogen and oxygen atoms in total. The van der Waals surface area contributed by atoms with Gasteiger partial charge in [-0.2, -0.15) is 0 Å². The number of unbranched alkanes of at least 4 members (excludes halogenated alkanes) is 1. The van der Waals surface area contributed by atoms with Gasteiger partial charge < -0.3 is 9.74 Å². The van der Waals surface area contributed by atoms with Crippen molar-refractivity contribution >= 4 is 5.91 Å². The van der Waals surface area contributed by atoms with Crippen molar-refractivity contribution in [3.63, 3.8) is 0 Å². The third kappa shape index (κ3) is 4.10. The molecule has 1 heterocycles. The van der Waals surface area contributed by atoms with E-state index in [4.69, 9.17) is 5.90 Å². The molecule has 0 saturated carbocycles. The standard InChI is InChI=1S/C12H24N2O2/c1-2-3-7-12(15)14-9-5-4-6-11(14)8-10-16-13/h11H,2-10,13H2,1H3. The van der Waals surface area contributed by atoms with Crippen LogP contribution in [0, 0.1) is 0 Å². The first-order chi connectivity index (χ1) is 7.79. The lowest BCUT2D eigenvalue weighted by Gasteiger charge is -2.35. The van der Waals surface area contributed by atoms with Crippen LogP contribution in [0.15, 0.2) is 0 Å². The number of piperidine rings is 1. The van der Waals surface area contributed by atoms with Gasteiger partial charge in [-0.1, -0.05) is 13.3 Å². The van der Waals surface area contributed by atoms with Crippen LogP contribution in [0.4, 0.5) is 0 Å². The molecule has 2 N–H and O–H groups in total. The van der Waals surface area contributed by atoms with Gasteiger partial charge in [-0.25, -0.2) is 5.90 Å². The number of rotatable bonds is 6. The lowest BCUT2D eigenvalue weighted by Crippen LogP contribution is -2.44. The van der Waals surface area contributed by atoms with Crippen LogP contribution < -0.4 is 5.90 Å². The van der Waals surface area contributed by atoms with E-state index in [0.717, 1.165) is 38.6 Å². The van der Waals surface area contributed by atoms with E-state index in [0.29, 0.717) is 25.0 Å². The van der Waals surface area contributed by atoms with Crippen molar-refractivity contribution in [3.05, 3.63) is 0 Å². The SMILES string of the molecule is CCCCC(=O)N1CCCCC1CCON. The molecule has 0 bridgehead atoms. The Morgan fingerprint density at radius 3 is 3.00 bits per heavy atom. The minimum absolute atomic E-state index is 0.309. The second kappa shape index (κ2) is 7.63. The quantitative estimate of drug-likeness (QED) is 0.706. The zero-order valence-electron chi connectivity index (χ0n) is 10.3. The Balaban J connectivity index is 2.42. The Hall–Kier alpha value is -0.610. The fourth-order valence-electron chi connectivity index (χ4n) is 2.30. The summed E-state index contributed by atoms with van der Waals surface area (Å²) in [5.74, 6) is 5.35. The molecule has 1 aliphatic rings. The summed E-state index contributed by atoms with van der Waals surface area (Å²) in [6.45, 7) is 3.57. The Morgan fingerprint density at radius 1 is 1.50 bits per heavy atom. The van der Waals surface area contributed by atoms with Crippen molar-refractivity contribution in [2.75, 3.05) is 13.2 Å². The Labute approximate surface area is 98.1 Å². The average Bonchev–Trinajstić information content (AvgIpc) is 2.33. The van der Waals surface area contributed by atoms with Gasteiger partial charge in [-0.05, 0) is 32.1 Å². The molecule has 0 aromatic rings. The topological polar surface area (TPSA) is 55.6 Å². The highest BCUT2D eigenvalue weighted by Crippen LogP contribution is 2.21. The minimum atomic E-state index is 0.309. The van der Waals surface area contributed by atoms with Gasteiger partial charge in [0.1, 0.15) is 0 Å². The van der Waals surface area contributed by atoms with E-state index in [1.54, 1.807) is 0 Å². The van der Waals surface area contributed by atoms with E-state index >= 15 is 0 Å². The molecule has 1 aliphatic heterocycles. The van der Waals surface area contributed by atoms with Crippen molar-refractivity contribution in [1.29, 1.82) is 0 Å². The summed E-state index contributed by atoms with van der Waals surface area (Å²) in [7, 11) is 0. The maximum Gasteiger partial charge on any atom is 0.222 e. The van der Waals surface area contributed by atoms with Crippen molar-refractivity contribution in [2.45, 2.75) is 57.9 Å². The molecule has 94 valence electrons. The number of amides is 1. The molecule has 16 heavy (non-hydrogen) atoms. The van der Waals surface area contributed by atoms with Gasteiger partial charge in [-0.15, -0.1) is 0 Å². The van der Waals surface area contributed by atoms with Crippen LogP contribution in [-0.2, 0) is 9.63 Å². The lowest BCUT2D eigenvalue weighted by atomic mass is 9.99. The second-order valence-electron chi connectivity index (χ2n) is 4.50. The van der Waals surface area contributed by atoms with Gasteiger partial charge >= 0.3 is 0 Å². The van der Waals surface area contributed by atoms with E-state index in [2.05, 4.69) is 11.8 Å². The van der Waals surface area contributed by atoms with E-state index in [1.165, 1.54) is 6.42 Å². The van der Waals surface area contributed by atoms with Crippen LogP contribution in [-0.4, -0.2) is 30.0 Å². The van der Waals surface area contributed by atoms with Gasteiger partial charge in [0.25, 0.3) is 0 Å². The van der Waals surface area contributed by atoms with Gasteiger partial charge in [0.15, 0.2) is 0 Å². The highest BCUT2D eigenvalue weighted by molar-refractivity contribution is 5.76. The van der Waals surface area contributed by atoms with Crippen molar-refractivity contribution in [1.82, 2.24) is 4.90 Å². The third-order valence-corrected chi connectivity index (χ3v) is 3.26. The highest BCUT2D eigenvalue weighted by atomic mass is 16.6. The number of carbonyl (C=O) groups is 1. The van der Waals surface area contributed by atoms with Gasteiger partial charge in [-0.3, -0.25) is 4.79 Å².